The van der Waals surface area contributed by atoms with Gasteiger partial charge in [0.25, 0.3) is 0 Å². The summed E-state index contributed by atoms with van der Waals surface area (Å²) in [4.78, 5) is 11.6. The number of hydrogen-bond acceptors (Lipinski definition) is 6. The Morgan fingerprint density at radius 2 is 1.92 bits per heavy atom. The molecule has 0 atom stereocenters. The molecule has 5 nitrogen and oxygen atoms in total. The second-order valence-electron chi connectivity index (χ2n) is 5.75. The molecule has 0 aliphatic rings. The predicted octanol–water partition coefficient (Wildman–Crippen LogP) is 5.87. The molecule has 0 aliphatic heterocycles. The zero-order chi connectivity index (χ0) is 17.9. The van der Waals surface area contributed by atoms with Crippen molar-refractivity contribution in [2.75, 3.05) is 0 Å². The van der Waals surface area contributed by atoms with Crippen LogP contribution < -0.4 is 0 Å². The third kappa shape index (κ3) is 3.27. The SMILES string of the molecule is CCn1c(SCc2ccc(N=O)cc2)nnc1-c1cc2ccccc2s1. The summed E-state index contributed by atoms with van der Waals surface area (Å²) < 4.78 is 3.41. The molecule has 2 aromatic heterocycles. The van der Waals surface area contributed by atoms with Crippen molar-refractivity contribution in [3.63, 3.8) is 0 Å². The first-order chi connectivity index (χ1) is 12.8. The number of benzene rings is 2. The van der Waals surface area contributed by atoms with Crippen LogP contribution in [0.3, 0.4) is 0 Å². The normalized spacial score (nSPS) is 11.1. The fraction of sp³-hybridized carbons (Fsp3) is 0.158. The zero-order valence-electron chi connectivity index (χ0n) is 14.1. The third-order valence-electron chi connectivity index (χ3n) is 4.09. The maximum Gasteiger partial charge on any atom is 0.191 e. The van der Waals surface area contributed by atoms with E-state index in [1.54, 1.807) is 35.2 Å². The maximum atomic E-state index is 10.5. The van der Waals surface area contributed by atoms with Gasteiger partial charge < -0.3 is 4.57 Å². The quantitative estimate of drug-likeness (QED) is 0.310. The molecule has 4 rings (SSSR count). The molecule has 0 N–H and O–H groups in total. The van der Waals surface area contributed by atoms with Crippen molar-refractivity contribution in [1.29, 1.82) is 0 Å². The van der Waals surface area contributed by atoms with Crippen molar-refractivity contribution >= 4 is 38.9 Å². The summed E-state index contributed by atoms with van der Waals surface area (Å²) in [7, 11) is 0. The van der Waals surface area contributed by atoms with E-state index in [-0.39, 0.29) is 0 Å². The van der Waals surface area contributed by atoms with Crippen molar-refractivity contribution < 1.29 is 0 Å². The van der Waals surface area contributed by atoms with Gasteiger partial charge in [-0.1, -0.05) is 42.1 Å². The molecule has 0 unspecified atom stereocenters. The number of aromatic nitrogens is 3. The van der Waals surface area contributed by atoms with E-state index in [9.17, 15) is 4.91 Å². The Bertz CT molecular complexity index is 1020. The van der Waals surface area contributed by atoms with Gasteiger partial charge in [-0.15, -0.1) is 26.4 Å². The largest absolute Gasteiger partial charge is 0.302 e. The van der Waals surface area contributed by atoms with E-state index in [4.69, 9.17) is 0 Å². The van der Waals surface area contributed by atoms with Crippen LogP contribution >= 0.6 is 23.1 Å². The van der Waals surface area contributed by atoms with E-state index in [1.807, 2.05) is 12.1 Å². The number of fused-ring (bicyclic) bond motifs is 1. The van der Waals surface area contributed by atoms with Gasteiger partial charge in [0.2, 0.25) is 0 Å². The second kappa shape index (κ2) is 7.39. The third-order valence-corrected chi connectivity index (χ3v) is 6.24. The minimum atomic E-state index is 0.447. The van der Waals surface area contributed by atoms with Crippen LogP contribution in [0.25, 0.3) is 20.8 Å². The molecule has 0 radical (unpaired) electrons. The van der Waals surface area contributed by atoms with Crippen molar-refractivity contribution in [2.24, 2.45) is 5.18 Å². The molecule has 26 heavy (non-hydrogen) atoms. The molecule has 0 aliphatic carbocycles. The average molecular weight is 380 g/mol. The molecule has 2 heterocycles. The topological polar surface area (TPSA) is 60.1 Å². The Balaban J connectivity index is 1.58. The van der Waals surface area contributed by atoms with Gasteiger partial charge in [-0.05, 0) is 47.3 Å². The zero-order valence-corrected chi connectivity index (χ0v) is 15.8. The number of thiophene rings is 1. The fourth-order valence-electron chi connectivity index (χ4n) is 2.76. The minimum absolute atomic E-state index is 0.447. The predicted molar refractivity (Wildman–Crippen MR) is 108 cm³/mol. The average Bonchev–Trinajstić information content (AvgIpc) is 3.29. The lowest BCUT2D eigenvalue weighted by Crippen LogP contribution is -1.99. The molecular formula is C19H16N4OS2. The molecule has 0 bridgehead atoms. The molecular weight excluding hydrogens is 364 g/mol. The van der Waals surface area contributed by atoms with Gasteiger partial charge in [0, 0.05) is 17.0 Å². The van der Waals surface area contributed by atoms with Crippen LogP contribution in [0.5, 0.6) is 0 Å². The van der Waals surface area contributed by atoms with Crippen LogP contribution in [-0.2, 0) is 12.3 Å². The van der Waals surface area contributed by atoms with E-state index in [0.717, 1.165) is 33.7 Å². The summed E-state index contributed by atoms with van der Waals surface area (Å²) in [5.74, 6) is 1.68. The van der Waals surface area contributed by atoms with Gasteiger partial charge in [-0.25, -0.2) is 0 Å². The number of thioether (sulfide) groups is 1. The molecule has 4 aromatic rings. The Morgan fingerprint density at radius 1 is 1.12 bits per heavy atom. The van der Waals surface area contributed by atoms with Crippen LogP contribution in [-0.4, -0.2) is 14.8 Å². The van der Waals surface area contributed by atoms with Gasteiger partial charge in [0.15, 0.2) is 11.0 Å². The summed E-state index contributed by atoms with van der Waals surface area (Å²) >= 11 is 3.39. The summed E-state index contributed by atoms with van der Waals surface area (Å²) in [6.45, 7) is 2.92. The highest BCUT2D eigenvalue weighted by molar-refractivity contribution is 7.98. The smallest absolute Gasteiger partial charge is 0.191 e. The van der Waals surface area contributed by atoms with E-state index in [1.165, 1.54) is 10.1 Å². The summed E-state index contributed by atoms with van der Waals surface area (Å²) in [5, 5.41) is 13.9. The molecule has 0 amide bonds. The first-order valence-corrected chi connectivity index (χ1v) is 10.1. The number of nitrogens with zero attached hydrogens (tertiary/aromatic N) is 4. The summed E-state index contributed by atoms with van der Waals surface area (Å²) in [5.41, 5.74) is 1.57. The van der Waals surface area contributed by atoms with E-state index < -0.39 is 0 Å². The van der Waals surface area contributed by atoms with Crippen molar-refractivity contribution in [3.8, 4) is 10.7 Å². The van der Waals surface area contributed by atoms with Gasteiger partial charge in [0.05, 0.1) is 4.88 Å². The molecule has 0 spiro atoms. The molecule has 0 saturated carbocycles. The Kier molecular flexibility index (Phi) is 4.81. The van der Waals surface area contributed by atoms with Crippen molar-refractivity contribution in [2.45, 2.75) is 24.4 Å². The Morgan fingerprint density at radius 3 is 2.65 bits per heavy atom. The van der Waals surface area contributed by atoms with Crippen LogP contribution in [0.15, 0.2) is 64.9 Å². The maximum absolute atomic E-state index is 10.5. The number of nitroso groups, excluding NO2 is 1. The molecule has 7 heteroatoms. The van der Waals surface area contributed by atoms with Gasteiger partial charge in [-0.3, -0.25) is 0 Å². The highest BCUT2D eigenvalue weighted by Crippen LogP contribution is 2.34. The summed E-state index contributed by atoms with van der Waals surface area (Å²) in [6.07, 6.45) is 0. The van der Waals surface area contributed by atoms with Crippen LogP contribution in [0.2, 0.25) is 0 Å². The van der Waals surface area contributed by atoms with Gasteiger partial charge in [0.1, 0.15) is 5.69 Å². The first-order valence-electron chi connectivity index (χ1n) is 8.25. The highest BCUT2D eigenvalue weighted by atomic mass is 32.2. The lowest BCUT2D eigenvalue weighted by atomic mass is 10.2. The van der Waals surface area contributed by atoms with Crippen LogP contribution in [0.1, 0.15) is 12.5 Å². The van der Waals surface area contributed by atoms with E-state index >= 15 is 0 Å². The molecule has 0 saturated heterocycles. The fourth-order valence-corrected chi connectivity index (χ4v) is 4.77. The molecule has 2 aromatic carbocycles. The second-order valence-corrected chi connectivity index (χ2v) is 7.77. The van der Waals surface area contributed by atoms with Gasteiger partial charge in [-0.2, -0.15) is 0 Å². The lowest BCUT2D eigenvalue weighted by Gasteiger charge is -2.06. The summed E-state index contributed by atoms with van der Waals surface area (Å²) in [6, 6.07) is 17.8. The van der Waals surface area contributed by atoms with E-state index in [0.29, 0.717) is 5.69 Å². The minimum Gasteiger partial charge on any atom is -0.302 e. The van der Waals surface area contributed by atoms with E-state index in [2.05, 4.69) is 57.2 Å². The van der Waals surface area contributed by atoms with Crippen LogP contribution in [0.4, 0.5) is 5.69 Å². The Labute approximate surface area is 159 Å². The Hall–Kier alpha value is -2.51. The number of hydrogen-bond donors (Lipinski definition) is 0. The van der Waals surface area contributed by atoms with Crippen molar-refractivity contribution in [1.82, 2.24) is 14.8 Å². The number of rotatable bonds is 6. The monoisotopic (exact) mass is 380 g/mol. The lowest BCUT2D eigenvalue weighted by molar-refractivity contribution is 0.688. The van der Waals surface area contributed by atoms with Crippen molar-refractivity contribution in [3.05, 3.63) is 65.1 Å². The molecule has 0 fully saturated rings. The molecule has 130 valence electrons. The van der Waals surface area contributed by atoms with Crippen LogP contribution in [0, 0.1) is 4.91 Å². The first kappa shape index (κ1) is 16.9. The standard InChI is InChI=1S/C19H16N4OS2/c1-2-23-18(17-11-14-5-3-4-6-16(14)26-17)20-21-19(23)25-12-13-7-9-15(22-24)10-8-13/h3-11H,2,12H2,1H3. The van der Waals surface area contributed by atoms with Gasteiger partial charge >= 0.3 is 0 Å². The highest BCUT2D eigenvalue weighted by Gasteiger charge is 2.15.